The molecule has 0 bridgehead atoms. The smallest absolute Gasteiger partial charge is 0.333 e. The van der Waals surface area contributed by atoms with E-state index in [1.807, 2.05) is 0 Å². The number of nitrogens with one attached hydrogen (secondary N) is 4. The predicted octanol–water partition coefficient (Wildman–Crippen LogP) is 3.59. The van der Waals surface area contributed by atoms with E-state index in [9.17, 15) is 9.18 Å². The maximum absolute atomic E-state index is 13.5. The number of rotatable bonds is 6. The Labute approximate surface area is 182 Å². The van der Waals surface area contributed by atoms with Crippen molar-refractivity contribution in [3.8, 4) is 5.75 Å². The van der Waals surface area contributed by atoms with Gasteiger partial charge in [0.2, 0.25) is 0 Å². The average molecular weight is 447 g/mol. The fourth-order valence-electron chi connectivity index (χ4n) is 3.14. The lowest BCUT2D eigenvalue weighted by Crippen LogP contribution is -2.37. The van der Waals surface area contributed by atoms with Gasteiger partial charge in [-0.1, -0.05) is 11.6 Å². The molecule has 1 aromatic heterocycles. The second kappa shape index (κ2) is 9.29. The molecule has 1 aliphatic rings. The zero-order valence-electron chi connectivity index (χ0n) is 16.5. The molecule has 1 fully saturated rings. The van der Waals surface area contributed by atoms with E-state index in [0.29, 0.717) is 47.1 Å². The van der Waals surface area contributed by atoms with Crippen molar-refractivity contribution in [3.63, 3.8) is 0 Å². The Bertz CT molecular complexity index is 1110. The summed E-state index contributed by atoms with van der Waals surface area (Å²) in [4.78, 5) is 20.7. The van der Waals surface area contributed by atoms with Crippen LogP contribution in [0.2, 0.25) is 5.02 Å². The van der Waals surface area contributed by atoms with Crippen molar-refractivity contribution in [2.45, 2.75) is 12.5 Å². The van der Waals surface area contributed by atoms with Crippen LogP contribution >= 0.6 is 11.6 Å². The van der Waals surface area contributed by atoms with Gasteiger partial charge in [0.15, 0.2) is 0 Å². The molecule has 1 aliphatic heterocycles. The Morgan fingerprint density at radius 3 is 2.90 bits per heavy atom. The first-order valence-electron chi connectivity index (χ1n) is 9.52. The molecule has 1 atom stereocenters. The third-order valence-corrected chi connectivity index (χ3v) is 4.88. The van der Waals surface area contributed by atoms with Crippen LogP contribution in [0.5, 0.6) is 5.75 Å². The number of aromatic nitrogens is 2. The molecule has 4 rings (SSSR count). The van der Waals surface area contributed by atoms with Crippen LogP contribution in [0.3, 0.4) is 0 Å². The molecule has 1 saturated heterocycles. The van der Waals surface area contributed by atoms with Crippen molar-refractivity contribution in [3.05, 3.63) is 47.5 Å². The molecule has 3 aromatic rings. The molecule has 31 heavy (non-hydrogen) atoms. The Morgan fingerprint density at radius 1 is 1.29 bits per heavy atom. The number of amides is 2. The average Bonchev–Trinajstić information content (AvgIpc) is 3.25. The standard InChI is InChI=1S/C20H20ClFN6O3/c1-23-28-20(29)27-17-7-13-16(8-18(17)31-12-4-5-30-9-12)24-10-25-19(13)26-11-2-3-15(22)14(21)6-11/h2-3,6-8,10,12,23H,4-5,9H2,1H3,(H,24,25,26)(H2,27,28,29). The van der Waals surface area contributed by atoms with E-state index < -0.39 is 11.8 Å². The van der Waals surface area contributed by atoms with Gasteiger partial charge in [-0.05, 0) is 24.3 Å². The van der Waals surface area contributed by atoms with Crippen LogP contribution < -0.4 is 26.2 Å². The number of nitrogens with zero attached hydrogens (tertiary/aromatic N) is 2. The maximum atomic E-state index is 13.5. The number of halogens is 2. The Hall–Kier alpha value is -3.21. The van der Waals surface area contributed by atoms with Crippen LogP contribution in [-0.2, 0) is 4.74 Å². The summed E-state index contributed by atoms with van der Waals surface area (Å²) in [5.41, 5.74) is 6.60. The van der Waals surface area contributed by atoms with Crippen LogP contribution in [0.25, 0.3) is 10.9 Å². The molecule has 11 heteroatoms. The number of hydrazine groups is 1. The first-order valence-corrected chi connectivity index (χ1v) is 9.90. The van der Waals surface area contributed by atoms with Crippen LogP contribution in [0, 0.1) is 5.82 Å². The molecular formula is C20H20ClFN6O3. The second-order valence-electron chi connectivity index (χ2n) is 6.77. The number of hydrogen-bond donors (Lipinski definition) is 4. The lowest BCUT2D eigenvalue weighted by atomic mass is 10.1. The summed E-state index contributed by atoms with van der Waals surface area (Å²) in [6, 6.07) is 7.24. The number of benzene rings is 2. The highest BCUT2D eigenvalue weighted by Gasteiger charge is 2.21. The normalized spacial score (nSPS) is 15.6. The van der Waals surface area contributed by atoms with E-state index >= 15 is 0 Å². The minimum atomic E-state index is -0.514. The molecule has 2 aromatic carbocycles. The number of urea groups is 1. The summed E-state index contributed by atoms with van der Waals surface area (Å²) in [6.45, 7) is 1.10. The Kier molecular flexibility index (Phi) is 6.31. The summed E-state index contributed by atoms with van der Waals surface area (Å²) in [5, 5.41) is 6.47. The Morgan fingerprint density at radius 2 is 2.16 bits per heavy atom. The minimum Gasteiger partial charge on any atom is -0.486 e. The van der Waals surface area contributed by atoms with Crippen LogP contribution in [0.1, 0.15) is 6.42 Å². The van der Waals surface area contributed by atoms with E-state index in [1.165, 1.54) is 18.5 Å². The van der Waals surface area contributed by atoms with E-state index in [2.05, 4.69) is 31.5 Å². The number of hydrogen-bond acceptors (Lipinski definition) is 7. The van der Waals surface area contributed by atoms with Crippen molar-refractivity contribution in [1.29, 1.82) is 0 Å². The van der Waals surface area contributed by atoms with Gasteiger partial charge in [0.05, 0.1) is 29.4 Å². The molecule has 1 unspecified atom stereocenters. The molecule has 2 amide bonds. The molecule has 9 nitrogen and oxygen atoms in total. The monoisotopic (exact) mass is 446 g/mol. The van der Waals surface area contributed by atoms with Crippen molar-refractivity contribution < 1.29 is 18.7 Å². The number of fused-ring (bicyclic) bond motifs is 1. The van der Waals surface area contributed by atoms with Gasteiger partial charge in [-0.3, -0.25) is 5.43 Å². The van der Waals surface area contributed by atoms with Crippen molar-refractivity contribution in [2.24, 2.45) is 0 Å². The number of carbonyl (C=O) groups excluding carboxylic acids is 1. The zero-order chi connectivity index (χ0) is 21.8. The molecule has 162 valence electrons. The number of carbonyl (C=O) groups is 1. The number of ether oxygens (including phenoxy) is 2. The maximum Gasteiger partial charge on any atom is 0.333 e. The van der Waals surface area contributed by atoms with Crippen LogP contribution in [0.15, 0.2) is 36.7 Å². The zero-order valence-corrected chi connectivity index (χ0v) is 17.3. The topological polar surface area (TPSA) is 109 Å². The molecule has 0 saturated carbocycles. The highest BCUT2D eigenvalue weighted by molar-refractivity contribution is 6.31. The summed E-state index contributed by atoms with van der Waals surface area (Å²) >= 11 is 5.88. The van der Waals surface area contributed by atoms with E-state index in [0.717, 1.165) is 6.42 Å². The van der Waals surface area contributed by atoms with Gasteiger partial charge in [-0.2, -0.15) is 0 Å². The van der Waals surface area contributed by atoms with Crippen LogP contribution in [-0.4, -0.2) is 42.4 Å². The lowest BCUT2D eigenvalue weighted by Gasteiger charge is -2.18. The lowest BCUT2D eigenvalue weighted by molar-refractivity contribution is 0.142. The van der Waals surface area contributed by atoms with Crippen molar-refractivity contribution in [1.82, 2.24) is 20.8 Å². The first kappa shape index (κ1) is 21.0. The summed E-state index contributed by atoms with van der Waals surface area (Å²) in [7, 11) is 1.58. The quantitative estimate of drug-likeness (QED) is 0.428. The molecule has 0 radical (unpaired) electrons. The first-order chi connectivity index (χ1) is 15.0. The van der Waals surface area contributed by atoms with E-state index in [-0.39, 0.29) is 11.1 Å². The summed E-state index contributed by atoms with van der Waals surface area (Å²) < 4.78 is 24.9. The van der Waals surface area contributed by atoms with Gasteiger partial charge >= 0.3 is 6.03 Å². The summed E-state index contributed by atoms with van der Waals surface area (Å²) in [6.07, 6.45) is 2.03. The van der Waals surface area contributed by atoms with Gasteiger partial charge in [-0.15, -0.1) is 0 Å². The second-order valence-corrected chi connectivity index (χ2v) is 7.18. The van der Waals surface area contributed by atoms with Crippen LogP contribution in [0.4, 0.5) is 26.4 Å². The molecule has 0 aliphatic carbocycles. The molecule has 4 N–H and O–H groups in total. The van der Waals surface area contributed by atoms with E-state index in [1.54, 1.807) is 25.2 Å². The van der Waals surface area contributed by atoms with Crippen molar-refractivity contribution in [2.75, 3.05) is 30.9 Å². The Balaban J connectivity index is 1.72. The van der Waals surface area contributed by atoms with Gasteiger partial charge in [0.1, 0.15) is 29.8 Å². The SMILES string of the molecule is CNNC(=O)Nc1cc2c(Nc3ccc(F)c(Cl)c3)ncnc2cc1OC1CCOC1. The fraction of sp³-hybridized carbons (Fsp3) is 0.250. The predicted molar refractivity (Wildman–Crippen MR) is 115 cm³/mol. The molecule has 0 spiro atoms. The molecule has 2 heterocycles. The minimum absolute atomic E-state index is 0.0103. The third kappa shape index (κ3) is 4.93. The highest BCUT2D eigenvalue weighted by atomic mass is 35.5. The van der Waals surface area contributed by atoms with E-state index in [4.69, 9.17) is 21.1 Å². The van der Waals surface area contributed by atoms with Crippen molar-refractivity contribution >= 4 is 45.7 Å². The van der Waals surface area contributed by atoms with Gasteiger partial charge in [-0.25, -0.2) is 24.6 Å². The van der Waals surface area contributed by atoms with Gasteiger partial charge < -0.3 is 20.1 Å². The number of anilines is 3. The summed E-state index contributed by atoms with van der Waals surface area (Å²) in [5.74, 6) is 0.406. The molecular weight excluding hydrogens is 427 g/mol. The largest absolute Gasteiger partial charge is 0.486 e. The van der Waals surface area contributed by atoms with Gasteiger partial charge in [0, 0.05) is 30.6 Å². The highest BCUT2D eigenvalue weighted by Crippen LogP contribution is 2.35. The van der Waals surface area contributed by atoms with Gasteiger partial charge in [0.25, 0.3) is 0 Å². The fourth-order valence-corrected chi connectivity index (χ4v) is 3.32. The third-order valence-electron chi connectivity index (χ3n) is 4.59.